The highest BCUT2D eigenvalue weighted by molar-refractivity contribution is 5.96. The largest absolute Gasteiger partial charge is 0.451 e. The topological polar surface area (TPSA) is 96.8 Å². The Morgan fingerprint density at radius 3 is 2.56 bits per heavy atom. The summed E-state index contributed by atoms with van der Waals surface area (Å²) in [5.74, 6) is -1.14. The molecule has 34 heavy (non-hydrogen) atoms. The zero-order valence-electron chi connectivity index (χ0n) is 19.3. The van der Waals surface area contributed by atoms with Crippen molar-refractivity contribution in [1.82, 2.24) is 29.9 Å². The molecule has 0 bridgehead atoms. The zero-order chi connectivity index (χ0) is 24.8. The maximum atomic E-state index is 13.5. The van der Waals surface area contributed by atoms with E-state index in [0.717, 1.165) is 21.3 Å². The molecule has 0 fully saturated rings. The Labute approximate surface area is 193 Å². The van der Waals surface area contributed by atoms with Gasteiger partial charge in [-0.2, -0.15) is 18.3 Å². The maximum Gasteiger partial charge on any atom is 0.451 e. The van der Waals surface area contributed by atoms with Gasteiger partial charge in [0.1, 0.15) is 0 Å². The number of alkyl halides is 3. The Hall–Kier alpha value is -3.50. The standard InChI is InChI=1S/C23H25F3N6O2/c1-12(2)16-6-5-15(10-18-13(3)14(4)20(33)29-27-18)9-17(16)21(34)31-7-8-32-19(11-31)28-30-22(32)23(24,25)26/h5-6,9,12H,7-8,10-11H2,1-4H3,(H,29,33). The van der Waals surface area contributed by atoms with E-state index in [2.05, 4.69) is 20.4 Å². The molecule has 1 N–H and O–H groups in total. The number of carbonyl (C=O) groups is 1. The van der Waals surface area contributed by atoms with Gasteiger partial charge in [-0.15, -0.1) is 10.2 Å². The van der Waals surface area contributed by atoms with E-state index in [-0.39, 0.29) is 42.8 Å². The number of aromatic nitrogens is 5. The van der Waals surface area contributed by atoms with Crippen LogP contribution in [0.1, 0.15) is 69.7 Å². The molecular formula is C23H25F3N6O2. The van der Waals surface area contributed by atoms with Gasteiger partial charge in [-0.25, -0.2) is 5.10 Å². The molecule has 4 rings (SSSR count). The molecular weight excluding hydrogens is 449 g/mol. The van der Waals surface area contributed by atoms with E-state index in [1.807, 2.05) is 32.9 Å². The summed E-state index contributed by atoms with van der Waals surface area (Å²) in [4.78, 5) is 26.8. The number of carbonyl (C=O) groups excluding carboxylic acids is 1. The lowest BCUT2D eigenvalue weighted by Crippen LogP contribution is -2.39. The first kappa shape index (κ1) is 23.7. The summed E-state index contributed by atoms with van der Waals surface area (Å²) >= 11 is 0. The smallest absolute Gasteiger partial charge is 0.329 e. The highest BCUT2D eigenvalue weighted by Gasteiger charge is 2.40. The molecule has 0 atom stereocenters. The fourth-order valence-electron chi connectivity index (χ4n) is 4.15. The molecule has 3 heterocycles. The summed E-state index contributed by atoms with van der Waals surface area (Å²) < 4.78 is 40.4. The molecule has 0 radical (unpaired) electrons. The van der Waals surface area contributed by atoms with E-state index in [1.165, 1.54) is 4.90 Å². The van der Waals surface area contributed by atoms with Crippen LogP contribution in [-0.4, -0.2) is 42.3 Å². The van der Waals surface area contributed by atoms with Crippen molar-refractivity contribution >= 4 is 5.91 Å². The van der Waals surface area contributed by atoms with Crippen LogP contribution < -0.4 is 5.56 Å². The van der Waals surface area contributed by atoms with Crippen LogP contribution in [0.5, 0.6) is 0 Å². The highest BCUT2D eigenvalue weighted by Crippen LogP contribution is 2.30. The van der Waals surface area contributed by atoms with Crippen LogP contribution in [0.25, 0.3) is 0 Å². The van der Waals surface area contributed by atoms with Gasteiger partial charge in [0.15, 0.2) is 5.82 Å². The molecule has 0 aliphatic carbocycles. The van der Waals surface area contributed by atoms with Gasteiger partial charge in [-0.05, 0) is 42.5 Å². The normalized spacial score (nSPS) is 13.9. The van der Waals surface area contributed by atoms with Crippen molar-refractivity contribution in [2.24, 2.45) is 0 Å². The number of H-pyrrole nitrogens is 1. The molecule has 1 aliphatic rings. The molecule has 2 aromatic heterocycles. The maximum absolute atomic E-state index is 13.5. The second-order valence-corrected chi connectivity index (χ2v) is 8.82. The fraction of sp³-hybridized carbons (Fsp3) is 0.435. The molecule has 0 spiro atoms. The Balaban J connectivity index is 1.64. The minimum absolute atomic E-state index is 0.0284. The first-order chi connectivity index (χ1) is 16.0. The number of amides is 1. The van der Waals surface area contributed by atoms with Crippen molar-refractivity contribution in [2.75, 3.05) is 6.54 Å². The van der Waals surface area contributed by atoms with Crippen molar-refractivity contribution in [3.05, 3.63) is 73.7 Å². The summed E-state index contributed by atoms with van der Waals surface area (Å²) in [6, 6.07) is 5.63. The van der Waals surface area contributed by atoms with E-state index in [9.17, 15) is 22.8 Å². The SMILES string of the molecule is Cc1c(Cc2ccc(C(C)C)c(C(=O)N3CCn4c(nnc4C(F)(F)F)C3)c2)n[nH]c(=O)c1C. The number of nitrogens with zero attached hydrogens (tertiary/aromatic N) is 5. The van der Waals surface area contributed by atoms with Crippen LogP contribution >= 0.6 is 0 Å². The lowest BCUT2D eigenvalue weighted by atomic mass is 9.92. The van der Waals surface area contributed by atoms with E-state index >= 15 is 0 Å². The second-order valence-electron chi connectivity index (χ2n) is 8.82. The lowest BCUT2D eigenvalue weighted by Gasteiger charge is -2.29. The van der Waals surface area contributed by atoms with Crippen LogP contribution in [0.3, 0.4) is 0 Å². The monoisotopic (exact) mass is 474 g/mol. The molecule has 0 saturated carbocycles. The summed E-state index contributed by atoms with van der Waals surface area (Å²) in [7, 11) is 0. The Morgan fingerprint density at radius 1 is 1.15 bits per heavy atom. The van der Waals surface area contributed by atoms with Crippen molar-refractivity contribution in [1.29, 1.82) is 0 Å². The third kappa shape index (κ3) is 4.34. The Bertz CT molecular complexity index is 1310. The van der Waals surface area contributed by atoms with Crippen LogP contribution in [0, 0.1) is 13.8 Å². The average Bonchev–Trinajstić information content (AvgIpc) is 3.22. The van der Waals surface area contributed by atoms with E-state index < -0.39 is 12.0 Å². The predicted molar refractivity (Wildman–Crippen MR) is 117 cm³/mol. The first-order valence-electron chi connectivity index (χ1n) is 10.9. The first-order valence-corrected chi connectivity index (χ1v) is 10.9. The fourth-order valence-corrected chi connectivity index (χ4v) is 4.15. The Morgan fingerprint density at radius 2 is 1.88 bits per heavy atom. The molecule has 0 saturated heterocycles. The molecule has 1 amide bonds. The van der Waals surface area contributed by atoms with E-state index in [4.69, 9.17) is 0 Å². The minimum atomic E-state index is -4.59. The zero-order valence-corrected chi connectivity index (χ0v) is 19.3. The molecule has 3 aromatic rings. The average molecular weight is 474 g/mol. The van der Waals surface area contributed by atoms with Crippen LogP contribution in [0.15, 0.2) is 23.0 Å². The number of benzene rings is 1. The second kappa shape index (κ2) is 8.69. The number of rotatable bonds is 4. The van der Waals surface area contributed by atoms with Crippen molar-refractivity contribution in [3.8, 4) is 0 Å². The predicted octanol–water partition coefficient (Wildman–Crippen LogP) is 3.37. The number of aromatic amines is 1. The number of nitrogens with one attached hydrogen (secondary N) is 1. The van der Waals surface area contributed by atoms with Crippen molar-refractivity contribution in [3.63, 3.8) is 0 Å². The van der Waals surface area contributed by atoms with Gasteiger partial charge < -0.3 is 9.47 Å². The summed E-state index contributed by atoms with van der Waals surface area (Å²) in [6.45, 7) is 7.56. The number of halogens is 3. The molecule has 11 heteroatoms. The van der Waals surface area contributed by atoms with Crippen molar-refractivity contribution in [2.45, 2.75) is 59.3 Å². The van der Waals surface area contributed by atoms with Gasteiger partial charge in [-0.3, -0.25) is 9.59 Å². The van der Waals surface area contributed by atoms with Gasteiger partial charge in [0.25, 0.3) is 11.5 Å². The number of fused-ring (bicyclic) bond motifs is 1. The van der Waals surface area contributed by atoms with Crippen molar-refractivity contribution < 1.29 is 18.0 Å². The van der Waals surface area contributed by atoms with Crippen LogP contribution in [-0.2, 0) is 25.7 Å². The molecule has 1 aromatic carbocycles. The van der Waals surface area contributed by atoms with Crippen LogP contribution in [0.2, 0.25) is 0 Å². The quantitative estimate of drug-likeness (QED) is 0.626. The van der Waals surface area contributed by atoms with Gasteiger partial charge in [0, 0.05) is 30.6 Å². The third-order valence-corrected chi connectivity index (χ3v) is 6.26. The lowest BCUT2D eigenvalue weighted by molar-refractivity contribution is -0.147. The minimum Gasteiger partial charge on any atom is -0.329 e. The van der Waals surface area contributed by atoms with Gasteiger partial charge >= 0.3 is 6.18 Å². The molecule has 180 valence electrons. The summed E-state index contributed by atoms with van der Waals surface area (Å²) in [6.07, 6.45) is -4.17. The van der Waals surface area contributed by atoms with Gasteiger partial charge in [0.2, 0.25) is 5.82 Å². The van der Waals surface area contributed by atoms with Crippen LogP contribution in [0.4, 0.5) is 13.2 Å². The van der Waals surface area contributed by atoms with Gasteiger partial charge in [-0.1, -0.05) is 26.0 Å². The number of hydrogen-bond acceptors (Lipinski definition) is 5. The summed E-state index contributed by atoms with van der Waals surface area (Å²) in [5.41, 5.74) is 4.04. The molecule has 0 unspecified atom stereocenters. The van der Waals surface area contributed by atoms with E-state index in [1.54, 1.807) is 13.0 Å². The third-order valence-electron chi connectivity index (χ3n) is 6.26. The highest BCUT2D eigenvalue weighted by atomic mass is 19.4. The van der Waals surface area contributed by atoms with E-state index in [0.29, 0.717) is 23.2 Å². The van der Waals surface area contributed by atoms with Gasteiger partial charge in [0.05, 0.1) is 12.2 Å². The molecule has 8 nitrogen and oxygen atoms in total. The summed E-state index contributed by atoms with van der Waals surface area (Å²) in [5, 5.41) is 13.6. The number of hydrogen-bond donors (Lipinski definition) is 1. The Kier molecular flexibility index (Phi) is 6.05. The molecule has 1 aliphatic heterocycles.